The number of hydrogen-bond donors (Lipinski definition) is 0. The van der Waals surface area contributed by atoms with Crippen LogP contribution in [0.2, 0.25) is 5.02 Å². The molecule has 1 fully saturated rings. The van der Waals surface area contributed by atoms with Crippen LogP contribution in [0.1, 0.15) is 24.2 Å². The van der Waals surface area contributed by atoms with Gasteiger partial charge >= 0.3 is 0 Å². The van der Waals surface area contributed by atoms with Gasteiger partial charge in [0.05, 0.1) is 24.0 Å². The monoisotopic (exact) mass is 283 g/mol. The highest BCUT2D eigenvalue weighted by molar-refractivity contribution is 6.31. The summed E-state index contributed by atoms with van der Waals surface area (Å²) in [5.41, 5.74) is 1.40. The van der Waals surface area contributed by atoms with Gasteiger partial charge in [-0.1, -0.05) is 11.6 Å². The lowest BCUT2D eigenvalue weighted by Gasteiger charge is -2.40. The summed E-state index contributed by atoms with van der Waals surface area (Å²) in [6.07, 6.45) is 0.231. The van der Waals surface area contributed by atoms with E-state index in [1.165, 1.54) is 6.92 Å². The van der Waals surface area contributed by atoms with Crippen LogP contribution in [-0.4, -0.2) is 38.7 Å². The van der Waals surface area contributed by atoms with Crippen molar-refractivity contribution in [3.63, 3.8) is 0 Å². The molecular formula is C14H18ClNO3. The Morgan fingerprint density at radius 3 is 2.68 bits per heavy atom. The van der Waals surface area contributed by atoms with Gasteiger partial charge in [0.1, 0.15) is 0 Å². The summed E-state index contributed by atoms with van der Waals surface area (Å²) in [6.45, 7) is 5.50. The molecule has 1 heterocycles. The Kier molecular flexibility index (Phi) is 4.32. The average Bonchev–Trinajstić information content (AvgIpc) is 2.30. The first-order valence-electron chi connectivity index (χ1n) is 6.31. The molecule has 19 heavy (non-hydrogen) atoms. The third-order valence-electron chi connectivity index (χ3n) is 3.22. The van der Waals surface area contributed by atoms with E-state index in [0.717, 1.165) is 18.8 Å². The Morgan fingerprint density at radius 2 is 2.16 bits per heavy atom. The molecule has 104 valence electrons. The Balaban J connectivity index is 2.38. The van der Waals surface area contributed by atoms with Crippen molar-refractivity contribution in [1.82, 2.24) is 0 Å². The lowest BCUT2D eigenvalue weighted by atomic mass is 10.0. The van der Waals surface area contributed by atoms with Crippen LogP contribution in [0.25, 0.3) is 0 Å². The van der Waals surface area contributed by atoms with E-state index >= 15 is 0 Å². The van der Waals surface area contributed by atoms with Crippen LogP contribution in [0, 0.1) is 0 Å². The number of carbonyl (C=O) groups excluding carboxylic acids is 1. The van der Waals surface area contributed by atoms with Gasteiger partial charge in [-0.25, -0.2) is 0 Å². The van der Waals surface area contributed by atoms with Crippen LogP contribution in [0.4, 0.5) is 5.69 Å². The Morgan fingerprint density at radius 1 is 1.47 bits per heavy atom. The predicted octanol–water partition coefficient (Wildman–Crippen LogP) is 2.78. The van der Waals surface area contributed by atoms with Crippen molar-refractivity contribution in [1.29, 1.82) is 0 Å². The number of ketones is 1. The number of Topliss-reactive ketones (excluding diaryl/α,β-unsaturated/α-hetero) is 1. The molecule has 1 aliphatic heterocycles. The number of ether oxygens (including phenoxy) is 2. The molecular weight excluding hydrogens is 266 g/mol. The average molecular weight is 284 g/mol. The molecule has 1 saturated heterocycles. The summed E-state index contributed by atoms with van der Waals surface area (Å²) in [5, 5.41) is 0.546. The van der Waals surface area contributed by atoms with Crippen LogP contribution in [0.3, 0.4) is 0 Å². The van der Waals surface area contributed by atoms with Crippen molar-refractivity contribution < 1.29 is 14.3 Å². The number of rotatable bonds is 5. The normalized spacial score (nSPS) is 15.3. The molecule has 0 atom stereocenters. The molecule has 1 aromatic rings. The molecule has 0 spiro atoms. The van der Waals surface area contributed by atoms with Crippen LogP contribution >= 0.6 is 11.6 Å². The standard InChI is InChI=1S/C14H18ClNO3/c1-4-19-14-12(9(2)17)5-10(15)6-13(14)16-7-11(8-16)18-3/h5-6,11H,4,7-8H2,1-3H3. The van der Waals surface area contributed by atoms with E-state index in [-0.39, 0.29) is 11.9 Å². The number of methoxy groups -OCH3 is 1. The smallest absolute Gasteiger partial charge is 0.163 e. The Hall–Kier alpha value is -1.26. The van der Waals surface area contributed by atoms with Crippen molar-refractivity contribution in [2.45, 2.75) is 20.0 Å². The van der Waals surface area contributed by atoms with Crippen molar-refractivity contribution in [2.24, 2.45) is 0 Å². The van der Waals surface area contributed by atoms with Gasteiger partial charge in [-0.05, 0) is 26.0 Å². The molecule has 0 amide bonds. The molecule has 0 aromatic heterocycles. The zero-order valence-corrected chi connectivity index (χ0v) is 12.2. The molecule has 1 aliphatic rings. The zero-order chi connectivity index (χ0) is 14.0. The van der Waals surface area contributed by atoms with Gasteiger partial charge in [0, 0.05) is 25.2 Å². The zero-order valence-electron chi connectivity index (χ0n) is 11.4. The van der Waals surface area contributed by atoms with Crippen LogP contribution < -0.4 is 9.64 Å². The topological polar surface area (TPSA) is 38.8 Å². The highest BCUT2D eigenvalue weighted by atomic mass is 35.5. The highest BCUT2D eigenvalue weighted by Gasteiger charge is 2.30. The summed E-state index contributed by atoms with van der Waals surface area (Å²) >= 11 is 6.10. The molecule has 0 saturated carbocycles. The van der Waals surface area contributed by atoms with E-state index < -0.39 is 0 Å². The van der Waals surface area contributed by atoms with Gasteiger partial charge in [0.15, 0.2) is 11.5 Å². The van der Waals surface area contributed by atoms with Crippen LogP contribution in [0.5, 0.6) is 5.75 Å². The molecule has 5 heteroatoms. The maximum atomic E-state index is 11.7. The summed E-state index contributed by atoms with van der Waals surface area (Å²) in [5.74, 6) is 0.574. The largest absolute Gasteiger partial charge is 0.491 e. The second-order valence-electron chi connectivity index (χ2n) is 4.55. The number of benzene rings is 1. The lowest BCUT2D eigenvalue weighted by Crippen LogP contribution is -2.52. The van der Waals surface area contributed by atoms with Gasteiger partial charge in [0.2, 0.25) is 0 Å². The summed E-state index contributed by atoms with van der Waals surface area (Å²) in [6, 6.07) is 3.50. The minimum absolute atomic E-state index is 0.0454. The van der Waals surface area contributed by atoms with E-state index in [1.54, 1.807) is 13.2 Å². The SMILES string of the molecule is CCOc1c(C(C)=O)cc(Cl)cc1N1CC(OC)C1. The first-order chi connectivity index (χ1) is 9.06. The minimum atomic E-state index is -0.0454. The van der Waals surface area contributed by atoms with Crippen molar-refractivity contribution >= 4 is 23.1 Å². The number of nitrogens with zero attached hydrogens (tertiary/aromatic N) is 1. The molecule has 0 N–H and O–H groups in total. The first kappa shape index (κ1) is 14.2. The highest BCUT2D eigenvalue weighted by Crippen LogP contribution is 2.38. The van der Waals surface area contributed by atoms with E-state index in [2.05, 4.69) is 4.90 Å². The summed E-state index contributed by atoms with van der Waals surface area (Å²) in [7, 11) is 1.70. The molecule has 4 nitrogen and oxygen atoms in total. The number of hydrogen-bond acceptors (Lipinski definition) is 4. The minimum Gasteiger partial charge on any atom is -0.491 e. The number of halogens is 1. The van der Waals surface area contributed by atoms with Gasteiger partial charge in [-0.2, -0.15) is 0 Å². The van der Waals surface area contributed by atoms with Gasteiger partial charge in [0.25, 0.3) is 0 Å². The number of carbonyl (C=O) groups is 1. The molecule has 0 unspecified atom stereocenters. The van der Waals surface area contributed by atoms with Gasteiger partial charge in [-0.3, -0.25) is 4.79 Å². The van der Waals surface area contributed by atoms with Crippen LogP contribution in [-0.2, 0) is 4.74 Å². The van der Waals surface area contributed by atoms with Crippen molar-refractivity contribution in [2.75, 3.05) is 31.7 Å². The molecule has 1 aromatic carbocycles. The van der Waals surface area contributed by atoms with E-state index in [1.807, 2.05) is 13.0 Å². The van der Waals surface area contributed by atoms with Crippen molar-refractivity contribution in [3.05, 3.63) is 22.7 Å². The maximum Gasteiger partial charge on any atom is 0.163 e. The second kappa shape index (κ2) is 5.80. The second-order valence-corrected chi connectivity index (χ2v) is 4.99. The molecule has 0 aliphatic carbocycles. The third-order valence-corrected chi connectivity index (χ3v) is 3.44. The molecule has 2 rings (SSSR count). The van der Waals surface area contributed by atoms with E-state index in [4.69, 9.17) is 21.1 Å². The van der Waals surface area contributed by atoms with Gasteiger partial charge in [-0.15, -0.1) is 0 Å². The van der Waals surface area contributed by atoms with Crippen LogP contribution in [0.15, 0.2) is 12.1 Å². The first-order valence-corrected chi connectivity index (χ1v) is 6.69. The number of anilines is 1. The quantitative estimate of drug-likeness (QED) is 0.779. The fraction of sp³-hybridized carbons (Fsp3) is 0.500. The fourth-order valence-corrected chi connectivity index (χ4v) is 2.37. The lowest BCUT2D eigenvalue weighted by molar-refractivity contribution is 0.0784. The van der Waals surface area contributed by atoms with E-state index in [9.17, 15) is 4.79 Å². The fourth-order valence-electron chi connectivity index (χ4n) is 2.16. The van der Waals surface area contributed by atoms with Crippen molar-refractivity contribution in [3.8, 4) is 5.75 Å². The molecule has 0 radical (unpaired) electrons. The third kappa shape index (κ3) is 2.85. The Bertz CT molecular complexity index is 484. The van der Waals surface area contributed by atoms with E-state index in [0.29, 0.717) is 22.9 Å². The molecule has 0 bridgehead atoms. The summed E-state index contributed by atoms with van der Waals surface area (Å²) in [4.78, 5) is 13.8. The Labute approximate surface area is 118 Å². The van der Waals surface area contributed by atoms with Gasteiger partial charge < -0.3 is 14.4 Å². The predicted molar refractivity (Wildman–Crippen MR) is 75.6 cm³/mol. The maximum absolute atomic E-state index is 11.7. The summed E-state index contributed by atoms with van der Waals surface area (Å²) < 4.78 is 10.9.